The predicted molar refractivity (Wildman–Crippen MR) is 83.6 cm³/mol. The van der Waals surface area contributed by atoms with Crippen molar-refractivity contribution in [1.29, 1.82) is 0 Å². The van der Waals surface area contributed by atoms with E-state index in [0.29, 0.717) is 5.92 Å². The number of aromatic nitrogens is 2. The minimum atomic E-state index is -0.270. The van der Waals surface area contributed by atoms with E-state index in [2.05, 4.69) is 15.0 Å². The first-order valence-electron chi connectivity index (χ1n) is 7.44. The zero-order valence-corrected chi connectivity index (χ0v) is 12.3. The molecule has 5 heteroatoms. The summed E-state index contributed by atoms with van der Waals surface area (Å²) in [6.07, 6.45) is 4.05. The third kappa shape index (κ3) is 1.92. The molecule has 0 bridgehead atoms. The molecule has 0 amide bonds. The SMILES string of the molecule is [C-]#[N+]C1C(C2CC2)=Nc2[nH]ncc2C1c1ccccc1OC. The molecule has 1 fully saturated rings. The highest BCUT2D eigenvalue weighted by Crippen LogP contribution is 2.46. The van der Waals surface area contributed by atoms with E-state index in [4.69, 9.17) is 16.3 Å². The van der Waals surface area contributed by atoms with Gasteiger partial charge >= 0.3 is 0 Å². The molecule has 4 rings (SSSR count). The van der Waals surface area contributed by atoms with Crippen LogP contribution in [0.15, 0.2) is 35.5 Å². The molecule has 2 unspecified atom stereocenters. The number of methoxy groups -OCH3 is 1. The Morgan fingerprint density at radius 2 is 2.09 bits per heavy atom. The van der Waals surface area contributed by atoms with Gasteiger partial charge in [-0.25, -0.2) is 11.6 Å². The Hall–Kier alpha value is -2.61. The molecule has 0 radical (unpaired) electrons. The molecule has 1 aliphatic carbocycles. The van der Waals surface area contributed by atoms with E-state index in [1.807, 2.05) is 24.3 Å². The Bertz CT molecular complexity index is 782. The fourth-order valence-electron chi connectivity index (χ4n) is 3.26. The lowest BCUT2D eigenvalue weighted by Crippen LogP contribution is -2.30. The largest absolute Gasteiger partial charge is 0.496 e. The maximum atomic E-state index is 7.72. The van der Waals surface area contributed by atoms with Crippen molar-refractivity contribution in [3.63, 3.8) is 0 Å². The highest BCUT2D eigenvalue weighted by Gasteiger charge is 2.46. The Morgan fingerprint density at radius 3 is 2.82 bits per heavy atom. The highest BCUT2D eigenvalue weighted by atomic mass is 16.5. The van der Waals surface area contributed by atoms with Gasteiger partial charge in [-0.2, -0.15) is 5.10 Å². The number of H-pyrrole nitrogens is 1. The normalized spacial score (nSPS) is 23.4. The summed E-state index contributed by atoms with van der Waals surface area (Å²) in [6, 6.07) is 7.65. The number of para-hydroxylation sites is 1. The van der Waals surface area contributed by atoms with Crippen molar-refractivity contribution >= 4 is 11.5 Å². The van der Waals surface area contributed by atoms with Gasteiger partial charge in [-0.05, 0) is 18.9 Å². The first kappa shape index (κ1) is 13.1. The Kier molecular flexibility index (Phi) is 2.97. The second-order valence-corrected chi connectivity index (χ2v) is 5.78. The monoisotopic (exact) mass is 292 g/mol. The molecule has 2 aromatic rings. The van der Waals surface area contributed by atoms with Crippen LogP contribution in [0.3, 0.4) is 0 Å². The van der Waals surface area contributed by atoms with Gasteiger partial charge in [0.05, 0.1) is 19.2 Å². The maximum absolute atomic E-state index is 7.72. The Labute approximate surface area is 128 Å². The molecule has 1 aliphatic heterocycles. The first-order valence-corrected chi connectivity index (χ1v) is 7.44. The van der Waals surface area contributed by atoms with E-state index in [1.165, 1.54) is 0 Å². The fourth-order valence-corrected chi connectivity index (χ4v) is 3.26. The predicted octanol–water partition coefficient (Wildman–Crippen LogP) is 3.33. The molecule has 2 heterocycles. The topological polar surface area (TPSA) is 54.6 Å². The lowest BCUT2D eigenvalue weighted by Gasteiger charge is -2.25. The van der Waals surface area contributed by atoms with E-state index < -0.39 is 0 Å². The number of ether oxygens (including phenoxy) is 1. The van der Waals surface area contributed by atoms with Gasteiger partial charge in [-0.1, -0.05) is 18.2 Å². The summed E-state index contributed by atoms with van der Waals surface area (Å²) in [6.45, 7) is 7.72. The van der Waals surface area contributed by atoms with E-state index in [9.17, 15) is 0 Å². The summed E-state index contributed by atoms with van der Waals surface area (Å²) >= 11 is 0. The van der Waals surface area contributed by atoms with Crippen LogP contribution < -0.4 is 4.74 Å². The molecule has 0 saturated heterocycles. The molecule has 1 aromatic heterocycles. The summed E-state index contributed by atoms with van der Waals surface area (Å²) in [5.74, 6) is 1.98. The Balaban J connectivity index is 1.90. The quantitative estimate of drug-likeness (QED) is 0.882. The third-order valence-electron chi connectivity index (χ3n) is 4.45. The standard InChI is InChI=1S/C17H16N4O/c1-18-16-14(11-5-3-4-6-13(11)22-2)12-9-19-21-17(12)20-15(16)10-7-8-10/h3-6,9-10,14,16H,7-8H2,2H3,(H,19,21). The molecule has 5 nitrogen and oxygen atoms in total. The summed E-state index contributed by atoms with van der Waals surface area (Å²) < 4.78 is 5.52. The Morgan fingerprint density at radius 1 is 1.27 bits per heavy atom. The van der Waals surface area contributed by atoms with Crippen LogP contribution in [0.2, 0.25) is 0 Å². The molecule has 2 aliphatic rings. The van der Waals surface area contributed by atoms with Crippen LogP contribution in [0.5, 0.6) is 5.75 Å². The molecule has 0 spiro atoms. The van der Waals surface area contributed by atoms with Gasteiger partial charge in [0.2, 0.25) is 0 Å². The molecule has 110 valence electrons. The molecule has 1 saturated carbocycles. The molecule has 22 heavy (non-hydrogen) atoms. The number of nitrogens with zero attached hydrogens (tertiary/aromatic N) is 3. The van der Waals surface area contributed by atoms with E-state index in [-0.39, 0.29) is 12.0 Å². The van der Waals surface area contributed by atoms with Crippen LogP contribution in [-0.2, 0) is 0 Å². The highest BCUT2D eigenvalue weighted by molar-refractivity contribution is 5.99. The van der Waals surface area contributed by atoms with Gasteiger partial charge in [0.1, 0.15) is 11.5 Å². The van der Waals surface area contributed by atoms with Gasteiger partial charge in [0, 0.05) is 17.0 Å². The number of hydrogen-bond donors (Lipinski definition) is 1. The van der Waals surface area contributed by atoms with Gasteiger partial charge in [0.15, 0.2) is 5.82 Å². The molecule has 1 N–H and O–H groups in total. The number of aromatic amines is 1. The average molecular weight is 292 g/mol. The zero-order valence-electron chi connectivity index (χ0n) is 12.3. The summed E-state index contributed by atoms with van der Waals surface area (Å²) in [4.78, 5) is 8.62. The van der Waals surface area contributed by atoms with E-state index in [1.54, 1.807) is 13.3 Å². The van der Waals surface area contributed by atoms with Crippen molar-refractivity contribution < 1.29 is 4.74 Å². The molecular weight excluding hydrogens is 276 g/mol. The lowest BCUT2D eigenvalue weighted by molar-refractivity contribution is 0.407. The van der Waals surface area contributed by atoms with Crippen molar-refractivity contribution in [3.05, 3.63) is 53.0 Å². The van der Waals surface area contributed by atoms with Crippen molar-refractivity contribution in [2.75, 3.05) is 7.11 Å². The smallest absolute Gasteiger partial charge is 0.272 e. The van der Waals surface area contributed by atoms with Gasteiger partial charge in [-0.3, -0.25) is 5.10 Å². The minimum Gasteiger partial charge on any atom is -0.496 e. The van der Waals surface area contributed by atoms with Crippen molar-refractivity contribution in [3.8, 4) is 5.75 Å². The van der Waals surface area contributed by atoms with Crippen LogP contribution in [-0.4, -0.2) is 29.1 Å². The van der Waals surface area contributed by atoms with E-state index >= 15 is 0 Å². The van der Waals surface area contributed by atoms with Crippen LogP contribution in [0, 0.1) is 12.5 Å². The molecular formula is C17H16N4O. The fraction of sp³-hybridized carbons (Fsp3) is 0.353. The zero-order chi connectivity index (χ0) is 15.1. The van der Waals surface area contributed by atoms with Crippen LogP contribution >= 0.6 is 0 Å². The van der Waals surface area contributed by atoms with Crippen molar-refractivity contribution in [1.82, 2.24) is 10.2 Å². The number of rotatable bonds is 3. The van der Waals surface area contributed by atoms with Gasteiger partial charge < -0.3 is 9.58 Å². The molecule has 1 aromatic carbocycles. The second kappa shape index (κ2) is 4.99. The number of nitrogens with one attached hydrogen (secondary N) is 1. The summed E-state index contributed by atoms with van der Waals surface area (Å²) in [5.41, 5.74) is 3.01. The number of fused-ring (bicyclic) bond motifs is 1. The van der Waals surface area contributed by atoms with Crippen molar-refractivity contribution in [2.45, 2.75) is 24.8 Å². The second-order valence-electron chi connectivity index (χ2n) is 5.78. The van der Waals surface area contributed by atoms with Gasteiger partial charge in [-0.15, -0.1) is 0 Å². The summed E-state index contributed by atoms with van der Waals surface area (Å²) in [5, 5.41) is 7.11. The minimum absolute atomic E-state index is 0.0736. The number of benzene rings is 1. The number of hydrogen-bond acceptors (Lipinski definition) is 3. The van der Waals surface area contributed by atoms with Crippen LogP contribution in [0.4, 0.5) is 5.82 Å². The van der Waals surface area contributed by atoms with Crippen LogP contribution in [0.25, 0.3) is 4.85 Å². The lowest BCUT2D eigenvalue weighted by atomic mass is 9.81. The molecule has 2 atom stereocenters. The van der Waals surface area contributed by atoms with Crippen LogP contribution in [0.1, 0.15) is 29.9 Å². The van der Waals surface area contributed by atoms with Gasteiger partial charge in [0.25, 0.3) is 6.04 Å². The van der Waals surface area contributed by atoms with E-state index in [0.717, 1.165) is 41.2 Å². The first-order chi connectivity index (χ1) is 10.8. The summed E-state index contributed by atoms with van der Waals surface area (Å²) in [7, 11) is 1.67. The number of aliphatic imine (C=N–C) groups is 1. The van der Waals surface area contributed by atoms with Crippen molar-refractivity contribution in [2.24, 2.45) is 10.9 Å². The third-order valence-corrected chi connectivity index (χ3v) is 4.45. The maximum Gasteiger partial charge on any atom is 0.272 e. The average Bonchev–Trinajstić information content (AvgIpc) is 3.31.